The minimum atomic E-state index is -1.20. The fourth-order valence-electron chi connectivity index (χ4n) is 1.91. The van der Waals surface area contributed by atoms with Gasteiger partial charge in [-0.05, 0) is 6.08 Å². The second-order valence-corrected chi connectivity index (χ2v) is 4.40. The molecule has 1 rings (SSSR count). The van der Waals surface area contributed by atoms with Crippen LogP contribution in [0.15, 0.2) is 11.6 Å². The molecule has 5 N–H and O–H groups in total. The molecule has 19 heavy (non-hydrogen) atoms. The lowest BCUT2D eigenvalue weighted by Crippen LogP contribution is -2.58. The zero-order chi connectivity index (χ0) is 14.6. The first-order valence-corrected chi connectivity index (χ1v) is 5.77. The molecule has 0 saturated heterocycles. The monoisotopic (exact) mass is 274 g/mol. The summed E-state index contributed by atoms with van der Waals surface area (Å²) in [5.74, 6) is -1.57. The lowest BCUT2D eigenvalue weighted by Gasteiger charge is -2.38. The highest BCUT2D eigenvalue weighted by atomic mass is 16.4. The molecule has 0 aromatic heterocycles. The number of amides is 1. The molecule has 0 spiro atoms. The Labute approximate surface area is 110 Å². The summed E-state index contributed by atoms with van der Waals surface area (Å²) in [6, 6.07) is 0. The van der Waals surface area contributed by atoms with E-state index in [1.165, 1.54) is 11.8 Å². The van der Waals surface area contributed by atoms with Gasteiger partial charge < -0.3 is 25.7 Å². The van der Waals surface area contributed by atoms with Gasteiger partial charge in [0.2, 0.25) is 5.91 Å². The number of aliphatic carboxylic acids is 1. The second-order valence-electron chi connectivity index (χ2n) is 4.40. The minimum absolute atomic E-state index is 0.0285. The Hall–Kier alpha value is -1.48. The maximum absolute atomic E-state index is 11.1. The van der Waals surface area contributed by atoms with Crippen LogP contribution in [0.5, 0.6) is 0 Å². The number of aliphatic hydroxyl groups excluding tert-OH is 3. The molecule has 0 saturated carbocycles. The molecule has 0 fully saturated rings. The molecular formula is C11H18N2O6. The first-order valence-electron chi connectivity index (χ1n) is 5.77. The quantitative estimate of drug-likeness (QED) is 0.374. The van der Waals surface area contributed by atoms with Crippen LogP contribution in [0, 0.1) is 0 Å². The van der Waals surface area contributed by atoms with Crippen molar-refractivity contribution in [3.8, 4) is 0 Å². The standard InChI is InChI=1S/C11H18N2O6/c1-6(15)12-10-9(17)2-7(11(18)19)3-13(10)4-8(16)5-14/h2,8-10,14,16-17H,3-5H2,1H3,(H,12,15)(H,18,19)/t8-,9+,10+/m1/s1. The first kappa shape index (κ1) is 15.6. The molecule has 1 amide bonds. The van der Waals surface area contributed by atoms with Gasteiger partial charge in [-0.1, -0.05) is 0 Å². The van der Waals surface area contributed by atoms with Crippen molar-refractivity contribution in [2.45, 2.75) is 25.3 Å². The van der Waals surface area contributed by atoms with Crippen LogP contribution in [0.3, 0.4) is 0 Å². The molecule has 108 valence electrons. The number of hydrogen-bond donors (Lipinski definition) is 5. The van der Waals surface area contributed by atoms with E-state index in [1.807, 2.05) is 0 Å². The lowest BCUT2D eigenvalue weighted by atomic mass is 10.0. The molecule has 3 atom stereocenters. The summed E-state index contributed by atoms with van der Waals surface area (Å²) in [6.45, 7) is 0.660. The zero-order valence-electron chi connectivity index (χ0n) is 10.5. The molecule has 8 nitrogen and oxygen atoms in total. The van der Waals surface area contributed by atoms with Crippen LogP contribution in [-0.4, -0.2) is 75.3 Å². The van der Waals surface area contributed by atoms with Gasteiger partial charge in [0.05, 0.1) is 12.7 Å². The Kier molecular flexibility index (Phi) is 5.43. The average molecular weight is 274 g/mol. The van der Waals surface area contributed by atoms with Crippen LogP contribution in [0.1, 0.15) is 6.92 Å². The number of rotatable bonds is 5. The molecular weight excluding hydrogens is 256 g/mol. The highest BCUT2D eigenvalue weighted by Crippen LogP contribution is 2.16. The van der Waals surface area contributed by atoms with Crippen molar-refractivity contribution in [1.82, 2.24) is 10.2 Å². The van der Waals surface area contributed by atoms with Gasteiger partial charge in [-0.2, -0.15) is 0 Å². The number of carbonyl (C=O) groups excluding carboxylic acids is 1. The Morgan fingerprint density at radius 2 is 2.21 bits per heavy atom. The zero-order valence-corrected chi connectivity index (χ0v) is 10.5. The van der Waals surface area contributed by atoms with E-state index in [0.29, 0.717) is 0 Å². The van der Waals surface area contributed by atoms with E-state index in [9.17, 15) is 19.8 Å². The fourth-order valence-corrected chi connectivity index (χ4v) is 1.91. The summed E-state index contributed by atoms with van der Waals surface area (Å²) in [4.78, 5) is 23.4. The third-order valence-corrected chi connectivity index (χ3v) is 2.74. The van der Waals surface area contributed by atoms with Crippen molar-refractivity contribution in [2.75, 3.05) is 19.7 Å². The van der Waals surface area contributed by atoms with E-state index in [4.69, 9.17) is 10.2 Å². The highest BCUT2D eigenvalue weighted by Gasteiger charge is 2.33. The van der Waals surface area contributed by atoms with Crippen molar-refractivity contribution in [3.05, 3.63) is 11.6 Å². The molecule has 8 heteroatoms. The molecule has 1 aliphatic heterocycles. The van der Waals surface area contributed by atoms with Gasteiger partial charge in [0.25, 0.3) is 0 Å². The number of carboxylic acids is 1. The van der Waals surface area contributed by atoms with Gasteiger partial charge in [-0.15, -0.1) is 0 Å². The third-order valence-electron chi connectivity index (χ3n) is 2.74. The van der Waals surface area contributed by atoms with E-state index in [1.54, 1.807) is 0 Å². The summed E-state index contributed by atoms with van der Waals surface area (Å²) in [7, 11) is 0. The number of hydrogen-bond acceptors (Lipinski definition) is 6. The van der Waals surface area contributed by atoms with E-state index in [-0.39, 0.29) is 24.6 Å². The molecule has 0 bridgehead atoms. The van der Waals surface area contributed by atoms with E-state index >= 15 is 0 Å². The third kappa shape index (κ3) is 4.28. The molecule has 0 radical (unpaired) electrons. The van der Waals surface area contributed by atoms with Gasteiger partial charge in [0.15, 0.2) is 0 Å². The summed E-state index contributed by atoms with van der Waals surface area (Å²) in [6.07, 6.45) is -1.96. The van der Waals surface area contributed by atoms with E-state index < -0.39 is 30.9 Å². The average Bonchev–Trinajstić information content (AvgIpc) is 2.32. The maximum Gasteiger partial charge on any atom is 0.332 e. The molecule has 1 heterocycles. The predicted octanol–water partition coefficient (Wildman–Crippen LogP) is -2.51. The Morgan fingerprint density at radius 3 is 2.68 bits per heavy atom. The topological polar surface area (TPSA) is 130 Å². The number of carbonyl (C=O) groups is 2. The van der Waals surface area contributed by atoms with Gasteiger partial charge in [-0.3, -0.25) is 9.69 Å². The maximum atomic E-state index is 11.1. The molecule has 0 unspecified atom stereocenters. The normalized spacial score (nSPS) is 25.6. The molecule has 0 aromatic carbocycles. The van der Waals surface area contributed by atoms with Crippen LogP contribution in [0.2, 0.25) is 0 Å². The minimum Gasteiger partial charge on any atom is -0.478 e. The summed E-state index contributed by atoms with van der Waals surface area (Å²) in [5, 5.41) is 39.5. The van der Waals surface area contributed by atoms with Crippen LogP contribution in [-0.2, 0) is 9.59 Å². The number of nitrogens with one attached hydrogen (secondary N) is 1. The molecule has 1 aliphatic rings. The second kappa shape index (κ2) is 6.62. The summed E-state index contributed by atoms with van der Waals surface area (Å²) < 4.78 is 0. The van der Waals surface area contributed by atoms with E-state index in [2.05, 4.69) is 5.32 Å². The number of β-amino-alcohol motifs (C(OH)–C–C–N with tert-alkyl or cyclic N) is 1. The van der Waals surface area contributed by atoms with Crippen LogP contribution >= 0.6 is 0 Å². The predicted molar refractivity (Wildman–Crippen MR) is 64.0 cm³/mol. The first-order chi connectivity index (χ1) is 8.85. The van der Waals surface area contributed by atoms with Crippen molar-refractivity contribution in [2.24, 2.45) is 0 Å². The Balaban J connectivity index is 2.90. The summed E-state index contributed by atoms with van der Waals surface area (Å²) >= 11 is 0. The molecule has 0 aromatic rings. The van der Waals surface area contributed by atoms with Crippen molar-refractivity contribution in [1.29, 1.82) is 0 Å². The Bertz CT molecular complexity index is 383. The Morgan fingerprint density at radius 1 is 1.58 bits per heavy atom. The van der Waals surface area contributed by atoms with Gasteiger partial charge in [-0.25, -0.2) is 4.79 Å². The number of carboxylic acid groups (broad SMARTS) is 1. The van der Waals surface area contributed by atoms with Gasteiger partial charge in [0.1, 0.15) is 12.3 Å². The highest BCUT2D eigenvalue weighted by molar-refractivity contribution is 5.87. The van der Waals surface area contributed by atoms with Crippen LogP contribution in [0.4, 0.5) is 0 Å². The molecule has 0 aliphatic carbocycles. The summed E-state index contributed by atoms with van der Waals surface area (Å²) in [5.41, 5.74) is -0.0285. The lowest BCUT2D eigenvalue weighted by molar-refractivity contribution is -0.133. The number of aliphatic hydroxyl groups is 3. The SMILES string of the molecule is CC(=O)N[C@@H]1[C@@H](O)C=C(C(=O)O)CN1C[C@@H](O)CO. The smallest absolute Gasteiger partial charge is 0.332 e. The van der Waals surface area contributed by atoms with Crippen molar-refractivity contribution < 1.29 is 30.0 Å². The fraction of sp³-hybridized carbons (Fsp3) is 0.636. The number of nitrogens with zero attached hydrogens (tertiary/aromatic N) is 1. The van der Waals surface area contributed by atoms with Crippen molar-refractivity contribution in [3.63, 3.8) is 0 Å². The van der Waals surface area contributed by atoms with Crippen LogP contribution < -0.4 is 5.32 Å². The van der Waals surface area contributed by atoms with Crippen molar-refractivity contribution >= 4 is 11.9 Å². The largest absolute Gasteiger partial charge is 0.478 e. The van der Waals surface area contributed by atoms with Gasteiger partial charge in [0, 0.05) is 25.6 Å². The van der Waals surface area contributed by atoms with E-state index in [0.717, 1.165) is 6.08 Å². The van der Waals surface area contributed by atoms with Crippen LogP contribution in [0.25, 0.3) is 0 Å². The van der Waals surface area contributed by atoms with Gasteiger partial charge >= 0.3 is 5.97 Å².